The summed E-state index contributed by atoms with van der Waals surface area (Å²) >= 11 is 0. The molecule has 0 spiro atoms. The van der Waals surface area contributed by atoms with Gasteiger partial charge in [0.25, 0.3) is 5.56 Å². The quantitative estimate of drug-likeness (QED) is 0.580. The van der Waals surface area contributed by atoms with Gasteiger partial charge in [0.2, 0.25) is 5.91 Å². The van der Waals surface area contributed by atoms with Crippen molar-refractivity contribution in [1.82, 2.24) is 19.1 Å². The number of hydrogen-bond acceptors (Lipinski definition) is 4. The van der Waals surface area contributed by atoms with Crippen molar-refractivity contribution < 1.29 is 4.79 Å². The number of amides is 1. The second kappa shape index (κ2) is 5.99. The molecule has 0 saturated carbocycles. The zero-order chi connectivity index (χ0) is 18.3. The molecule has 0 saturated heterocycles. The minimum atomic E-state index is -0.571. The Morgan fingerprint density at radius 1 is 1.15 bits per heavy atom. The van der Waals surface area contributed by atoms with Crippen LogP contribution in [-0.2, 0) is 18.4 Å². The number of fused-ring (bicyclic) bond motifs is 2. The molecule has 2 aromatic heterocycles. The summed E-state index contributed by atoms with van der Waals surface area (Å²) in [5.41, 5.74) is -0.0118. The van der Waals surface area contributed by atoms with E-state index in [-0.39, 0.29) is 23.6 Å². The lowest BCUT2D eigenvalue weighted by molar-refractivity contribution is -0.116. The lowest BCUT2D eigenvalue weighted by Crippen LogP contribution is -2.30. The molecule has 0 atom stereocenters. The van der Waals surface area contributed by atoms with Crippen LogP contribution in [0.4, 0.5) is 5.69 Å². The molecular formula is C18H15N5O3. The summed E-state index contributed by atoms with van der Waals surface area (Å²) in [6, 6.07) is 13.4. The van der Waals surface area contributed by atoms with E-state index in [1.165, 1.54) is 22.5 Å². The summed E-state index contributed by atoms with van der Waals surface area (Å²) in [6.45, 7) is -0.0962. The number of rotatable bonds is 3. The summed E-state index contributed by atoms with van der Waals surface area (Å²) in [6.07, 6.45) is 1.38. The standard InChI is InChI=1S/C18H15N5O3/c1-22-16-15(17(25)21-18(22)26)23(10-19-16)9-14(24)20-13-8-4-6-11-5-2-3-7-12(11)13/h2-8,10H,9H2,1H3,(H,20,24)(H,21,25,26). The van der Waals surface area contributed by atoms with Crippen molar-refractivity contribution in [2.75, 3.05) is 5.32 Å². The van der Waals surface area contributed by atoms with Gasteiger partial charge in [-0.15, -0.1) is 0 Å². The second-order valence-corrected chi connectivity index (χ2v) is 5.94. The maximum atomic E-state index is 12.5. The lowest BCUT2D eigenvalue weighted by atomic mass is 10.1. The van der Waals surface area contributed by atoms with Crippen LogP contribution in [0, 0.1) is 0 Å². The number of benzene rings is 2. The van der Waals surface area contributed by atoms with Gasteiger partial charge < -0.3 is 9.88 Å². The van der Waals surface area contributed by atoms with Gasteiger partial charge >= 0.3 is 5.69 Å². The molecule has 4 aromatic rings. The first-order valence-electron chi connectivity index (χ1n) is 7.96. The fourth-order valence-corrected chi connectivity index (χ4v) is 2.98. The van der Waals surface area contributed by atoms with Gasteiger partial charge in [-0.05, 0) is 11.5 Å². The van der Waals surface area contributed by atoms with Crippen molar-refractivity contribution in [3.63, 3.8) is 0 Å². The van der Waals surface area contributed by atoms with Crippen LogP contribution in [0.25, 0.3) is 21.9 Å². The Morgan fingerprint density at radius 2 is 1.92 bits per heavy atom. The average Bonchev–Trinajstić information content (AvgIpc) is 3.04. The van der Waals surface area contributed by atoms with E-state index in [4.69, 9.17) is 0 Å². The third kappa shape index (κ3) is 2.57. The minimum Gasteiger partial charge on any atom is -0.324 e. The Hall–Kier alpha value is -3.68. The van der Waals surface area contributed by atoms with Crippen molar-refractivity contribution in [3.8, 4) is 0 Å². The van der Waals surface area contributed by atoms with Gasteiger partial charge in [-0.25, -0.2) is 9.78 Å². The van der Waals surface area contributed by atoms with Gasteiger partial charge in [0.1, 0.15) is 6.54 Å². The zero-order valence-electron chi connectivity index (χ0n) is 13.9. The Balaban J connectivity index is 1.67. The number of hydrogen-bond donors (Lipinski definition) is 2. The van der Waals surface area contributed by atoms with Gasteiger partial charge in [0.15, 0.2) is 11.2 Å². The number of nitrogens with one attached hydrogen (secondary N) is 2. The molecule has 0 aliphatic rings. The highest BCUT2D eigenvalue weighted by atomic mass is 16.2. The highest BCUT2D eigenvalue weighted by molar-refractivity contribution is 6.02. The molecule has 2 aromatic carbocycles. The molecule has 0 fully saturated rings. The van der Waals surface area contributed by atoms with Crippen molar-refractivity contribution in [2.24, 2.45) is 7.05 Å². The summed E-state index contributed by atoms with van der Waals surface area (Å²) in [5, 5.41) is 4.81. The highest BCUT2D eigenvalue weighted by Gasteiger charge is 2.14. The summed E-state index contributed by atoms with van der Waals surface area (Å²) in [5.74, 6) is -0.297. The number of nitrogens with zero attached hydrogens (tertiary/aromatic N) is 3. The van der Waals surface area contributed by atoms with E-state index in [1.54, 1.807) is 0 Å². The van der Waals surface area contributed by atoms with Crippen LogP contribution >= 0.6 is 0 Å². The van der Waals surface area contributed by atoms with Gasteiger partial charge in [-0.3, -0.25) is 19.1 Å². The van der Waals surface area contributed by atoms with Gasteiger partial charge in [0.05, 0.1) is 6.33 Å². The number of aromatic amines is 1. The molecule has 0 aliphatic heterocycles. The fraction of sp³-hybridized carbons (Fsp3) is 0.111. The molecule has 2 N–H and O–H groups in total. The summed E-state index contributed by atoms with van der Waals surface area (Å²) in [7, 11) is 1.51. The van der Waals surface area contributed by atoms with Gasteiger partial charge in [-0.2, -0.15) is 0 Å². The van der Waals surface area contributed by atoms with E-state index in [0.29, 0.717) is 5.69 Å². The maximum Gasteiger partial charge on any atom is 0.329 e. The van der Waals surface area contributed by atoms with Crippen LogP contribution in [0.5, 0.6) is 0 Å². The Bertz CT molecular complexity index is 1260. The third-order valence-corrected chi connectivity index (χ3v) is 4.25. The molecule has 2 heterocycles. The fourth-order valence-electron chi connectivity index (χ4n) is 2.98. The van der Waals surface area contributed by atoms with Crippen molar-refractivity contribution >= 4 is 33.5 Å². The van der Waals surface area contributed by atoms with E-state index < -0.39 is 11.2 Å². The smallest absolute Gasteiger partial charge is 0.324 e. The number of carbonyl (C=O) groups excluding carboxylic acids is 1. The molecule has 8 heteroatoms. The molecule has 130 valence electrons. The topological polar surface area (TPSA) is 102 Å². The third-order valence-electron chi connectivity index (χ3n) is 4.25. The number of anilines is 1. The van der Waals surface area contributed by atoms with Crippen molar-refractivity contribution in [3.05, 3.63) is 69.6 Å². The molecule has 0 unspecified atom stereocenters. The number of H-pyrrole nitrogens is 1. The molecule has 0 radical (unpaired) electrons. The van der Waals surface area contributed by atoms with Gasteiger partial charge in [-0.1, -0.05) is 36.4 Å². The molecule has 0 aliphatic carbocycles. The molecule has 4 rings (SSSR count). The zero-order valence-corrected chi connectivity index (χ0v) is 13.9. The summed E-state index contributed by atoms with van der Waals surface area (Å²) in [4.78, 5) is 42.5. The first-order chi connectivity index (χ1) is 12.5. The van der Waals surface area contributed by atoms with Crippen LogP contribution in [-0.4, -0.2) is 25.0 Å². The first kappa shape index (κ1) is 15.8. The number of carbonyl (C=O) groups is 1. The monoisotopic (exact) mass is 349 g/mol. The van der Waals surface area contributed by atoms with Gasteiger partial charge in [0, 0.05) is 18.1 Å². The van der Waals surface area contributed by atoms with Crippen LogP contribution < -0.4 is 16.6 Å². The molecule has 1 amide bonds. The van der Waals surface area contributed by atoms with E-state index in [0.717, 1.165) is 10.8 Å². The Labute approximate surface area is 146 Å². The van der Waals surface area contributed by atoms with Crippen LogP contribution in [0.2, 0.25) is 0 Å². The maximum absolute atomic E-state index is 12.5. The normalized spacial score (nSPS) is 11.1. The van der Waals surface area contributed by atoms with E-state index in [9.17, 15) is 14.4 Å². The SMILES string of the molecule is Cn1c(=O)[nH]c(=O)c2c1ncn2CC(=O)Nc1cccc2ccccc12. The van der Waals surface area contributed by atoms with Crippen LogP contribution in [0.3, 0.4) is 0 Å². The van der Waals surface area contributed by atoms with Crippen LogP contribution in [0.1, 0.15) is 0 Å². The molecular weight excluding hydrogens is 334 g/mol. The predicted molar refractivity (Wildman–Crippen MR) is 98.2 cm³/mol. The molecule has 0 bridgehead atoms. The number of aryl methyl sites for hydroxylation is 1. The van der Waals surface area contributed by atoms with Crippen molar-refractivity contribution in [2.45, 2.75) is 6.54 Å². The lowest BCUT2D eigenvalue weighted by Gasteiger charge is -2.09. The minimum absolute atomic E-state index is 0.0962. The number of aromatic nitrogens is 4. The van der Waals surface area contributed by atoms with E-state index in [2.05, 4.69) is 15.3 Å². The largest absolute Gasteiger partial charge is 0.329 e. The van der Waals surface area contributed by atoms with E-state index in [1.807, 2.05) is 42.5 Å². The predicted octanol–water partition coefficient (Wildman–Crippen LogP) is 1.22. The number of imidazole rings is 1. The molecule has 8 nitrogen and oxygen atoms in total. The van der Waals surface area contributed by atoms with Crippen LogP contribution in [0.15, 0.2) is 58.4 Å². The Kier molecular flexibility index (Phi) is 3.65. The van der Waals surface area contributed by atoms with E-state index >= 15 is 0 Å². The Morgan fingerprint density at radius 3 is 2.77 bits per heavy atom. The first-order valence-corrected chi connectivity index (χ1v) is 7.96. The highest BCUT2D eigenvalue weighted by Crippen LogP contribution is 2.22. The molecule has 26 heavy (non-hydrogen) atoms. The van der Waals surface area contributed by atoms with Crippen molar-refractivity contribution in [1.29, 1.82) is 0 Å². The average molecular weight is 349 g/mol. The second-order valence-electron chi connectivity index (χ2n) is 5.94. The summed E-state index contributed by atoms with van der Waals surface area (Å²) < 4.78 is 2.66.